The minimum absolute atomic E-state index is 0.0608. The smallest absolute Gasteiger partial charge is 0.365 e. The van der Waals surface area contributed by atoms with Crippen LogP contribution in [0.1, 0.15) is 15.5 Å². The highest BCUT2D eigenvalue weighted by atomic mass is 32.1. The Balaban J connectivity index is 1.58. The highest BCUT2D eigenvalue weighted by Gasteiger charge is 2.14. The first-order valence-electron chi connectivity index (χ1n) is 9.15. The average Bonchev–Trinajstić information content (AvgIpc) is 3.43. The van der Waals surface area contributed by atoms with Crippen molar-refractivity contribution in [3.05, 3.63) is 71.9 Å². The molecule has 0 saturated carbocycles. The van der Waals surface area contributed by atoms with Gasteiger partial charge in [-0.25, -0.2) is 14.8 Å². The van der Waals surface area contributed by atoms with Crippen molar-refractivity contribution in [1.82, 2.24) is 24.9 Å². The number of carbonyl (C=O) groups is 1. The van der Waals surface area contributed by atoms with Gasteiger partial charge in [0.1, 0.15) is 0 Å². The molecule has 2 N–H and O–H groups in total. The third kappa shape index (κ3) is 3.23. The fraction of sp³-hybridized carbons (Fsp3) is 0.0455. The van der Waals surface area contributed by atoms with Crippen LogP contribution in [-0.2, 0) is 0 Å². The monoisotopic (exact) mass is 413 g/mol. The van der Waals surface area contributed by atoms with Crippen molar-refractivity contribution >= 4 is 28.2 Å². The molecule has 4 aromatic heterocycles. The molecular formula is C22H15N5O2S. The molecule has 8 heteroatoms. The van der Waals surface area contributed by atoms with Crippen molar-refractivity contribution in [1.29, 1.82) is 0 Å². The summed E-state index contributed by atoms with van der Waals surface area (Å²) in [6.07, 6.45) is 4.96. The molecule has 0 atom stereocenters. The lowest BCUT2D eigenvalue weighted by Gasteiger charge is -2.06. The highest BCUT2D eigenvalue weighted by Crippen LogP contribution is 2.32. The van der Waals surface area contributed by atoms with Gasteiger partial charge in [0.2, 0.25) is 5.01 Å². The topological polar surface area (TPSA) is 105 Å². The molecule has 146 valence electrons. The minimum Gasteiger partial charge on any atom is -0.476 e. The van der Waals surface area contributed by atoms with E-state index in [0.717, 1.165) is 61.0 Å². The van der Waals surface area contributed by atoms with E-state index in [1.165, 1.54) is 0 Å². The van der Waals surface area contributed by atoms with Crippen LogP contribution in [0.25, 0.3) is 44.0 Å². The summed E-state index contributed by atoms with van der Waals surface area (Å²) in [5, 5.41) is 10.1. The molecule has 0 unspecified atom stereocenters. The number of pyridine rings is 2. The number of fused-ring (bicyclic) bond motifs is 1. The van der Waals surface area contributed by atoms with Gasteiger partial charge in [0, 0.05) is 34.6 Å². The fourth-order valence-corrected chi connectivity index (χ4v) is 4.05. The highest BCUT2D eigenvalue weighted by molar-refractivity contribution is 7.16. The Hall–Kier alpha value is -3.91. The van der Waals surface area contributed by atoms with E-state index in [9.17, 15) is 4.79 Å². The Bertz CT molecular complexity index is 1410. The molecule has 0 fully saturated rings. The number of carboxylic acid groups (broad SMARTS) is 1. The molecule has 0 aliphatic carbocycles. The fourth-order valence-electron chi connectivity index (χ4n) is 3.31. The third-order valence-electron chi connectivity index (χ3n) is 4.71. The average molecular weight is 413 g/mol. The van der Waals surface area contributed by atoms with Gasteiger partial charge in [-0.3, -0.25) is 9.97 Å². The normalized spacial score (nSPS) is 11.1. The first kappa shape index (κ1) is 18.1. The number of nitrogens with zero attached hydrogens (tertiary/aromatic N) is 4. The molecule has 0 radical (unpaired) electrons. The lowest BCUT2D eigenvalue weighted by molar-refractivity contribution is 0.0696. The molecule has 0 spiro atoms. The summed E-state index contributed by atoms with van der Waals surface area (Å²) in [4.78, 5) is 32.7. The van der Waals surface area contributed by atoms with Crippen molar-refractivity contribution < 1.29 is 9.90 Å². The zero-order valence-corrected chi connectivity index (χ0v) is 16.6. The van der Waals surface area contributed by atoms with Crippen LogP contribution in [0.15, 0.2) is 61.2 Å². The second-order valence-electron chi connectivity index (χ2n) is 6.76. The van der Waals surface area contributed by atoms with E-state index in [1.54, 1.807) is 18.7 Å². The van der Waals surface area contributed by atoms with Gasteiger partial charge in [0.25, 0.3) is 0 Å². The first-order chi connectivity index (χ1) is 14.6. The van der Waals surface area contributed by atoms with Crippen molar-refractivity contribution in [2.75, 3.05) is 0 Å². The van der Waals surface area contributed by atoms with Gasteiger partial charge in [-0.1, -0.05) is 12.1 Å². The number of thiazole rings is 1. The Morgan fingerprint density at radius 2 is 1.90 bits per heavy atom. The first-order valence-corrected chi connectivity index (χ1v) is 9.97. The number of rotatable bonds is 4. The SMILES string of the molecule is Cc1cccc(-c2[nH]cnc2-c2ccc3ncc(-c4cnc(C(=O)O)s4)cc3c2)n1. The van der Waals surface area contributed by atoms with Crippen LogP contribution in [0.3, 0.4) is 0 Å². The molecule has 0 amide bonds. The summed E-state index contributed by atoms with van der Waals surface area (Å²) in [7, 11) is 0. The van der Waals surface area contributed by atoms with Gasteiger partial charge < -0.3 is 10.1 Å². The van der Waals surface area contributed by atoms with Crippen LogP contribution in [0.4, 0.5) is 0 Å². The number of benzene rings is 1. The van der Waals surface area contributed by atoms with Gasteiger partial charge in [-0.15, -0.1) is 11.3 Å². The number of carboxylic acids is 1. The van der Waals surface area contributed by atoms with Crippen LogP contribution < -0.4 is 0 Å². The largest absolute Gasteiger partial charge is 0.476 e. The molecule has 7 nitrogen and oxygen atoms in total. The summed E-state index contributed by atoms with van der Waals surface area (Å²) in [6.45, 7) is 1.96. The van der Waals surface area contributed by atoms with Crippen LogP contribution in [0.5, 0.6) is 0 Å². The Kier molecular flexibility index (Phi) is 4.33. The second-order valence-corrected chi connectivity index (χ2v) is 7.79. The molecule has 0 bridgehead atoms. The molecule has 30 heavy (non-hydrogen) atoms. The Morgan fingerprint density at radius 1 is 1.03 bits per heavy atom. The van der Waals surface area contributed by atoms with Crippen LogP contribution >= 0.6 is 11.3 Å². The summed E-state index contributed by atoms with van der Waals surface area (Å²) in [5.74, 6) is -1.03. The van der Waals surface area contributed by atoms with E-state index in [1.807, 2.05) is 49.4 Å². The van der Waals surface area contributed by atoms with Crippen molar-refractivity contribution in [3.63, 3.8) is 0 Å². The summed E-state index contributed by atoms with van der Waals surface area (Å²) in [6, 6.07) is 13.8. The van der Waals surface area contributed by atoms with Crippen molar-refractivity contribution in [2.45, 2.75) is 6.92 Å². The molecule has 1 aromatic carbocycles. The standard InChI is InChI=1S/C22H15N5O2S/c1-12-3-2-4-17(27-12)20-19(25-11-26-20)13-5-6-16-14(7-13)8-15(9-23-16)18-10-24-21(30-18)22(28)29/h2-11H,1H3,(H,25,26)(H,28,29). The maximum Gasteiger partial charge on any atom is 0.365 e. The maximum absolute atomic E-state index is 11.1. The van der Waals surface area contributed by atoms with Crippen LogP contribution in [0, 0.1) is 6.92 Å². The lowest BCUT2D eigenvalue weighted by atomic mass is 10.0. The molecule has 0 saturated heterocycles. The lowest BCUT2D eigenvalue weighted by Crippen LogP contribution is -1.92. The van der Waals surface area contributed by atoms with E-state index in [2.05, 4.69) is 24.9 Å². The van der Waals surface area contributed by atoms with Gasteiger partial charge in [-0.2, -0.15) is 0 Å². The maximum atomic E-state index is 11.1. The van der Waals surface area contributed by atoms with Gasteiger partial charge in [0.15, 0.2) is 0 Å². The Labute approximate surface area is 175 Å². The van der Waals surface area contributed by atoms with E-state index in [0.29, 0.717) is 0 Å². The summed E-state index contributed by atoms with van der Waals surface area (Å²) in [5.41, 5.74) is 6.05. The number of hydrogen-bond acceptors (Lipinski definition) is 6. The van der Waals surface area contributed by atoms with Crippen molar-refractivity contribution in [3.8, 4) is 33.1 Å². The van der Waals surface area contributed by atoms with E-state index < -0.39 is 5.97 Å². The number of imidazole rings is 1. The van der Waals surface area contributed by atoms with Gasteiger partial charge in [-0.05, 0) is 37.3 Å². The third-order valence-corrected chi connectivity index (χ3v) is 5.75. The van der Waals surface area contributed by atoms with E-state index in [-0.39, 0.29) is 5.01 Å². The minimum atomic E-state index is -1.03. The van der Waals surface area contributed by atoms with E-state index in [4.69, 9.17) is 5.11 Å². The number of aromatic carboxylic acids is 1. The number of hydrogen-bond donors (Lipinski definition) is 2. The van der Waals surface area contributed by atoms with Gasteiger partial charge in [0.05, 0.1) is 33.8 Å². The molecule has 0 aliphatic rings. The summed E-state index contributed by atoms with van der Waals surface area (Å²) >= 11 is 1.13. The Morgan fingerprint density at radius 3 is 2.70 bits per heavy atom. The van der Waals surface area contributed by atoms with Crippen LogP contribution in [-0.4, -0.2) is 36.0 Å². The number of nitrogens with one attached hydrogen (secondary N) is 1. The van der Waals surface area contributed by atoms with E-state index >= 15 is 0 Å². The molecule has 5 aromatic rings. The number of aryl methyl sites for hydroxylation is 1. The zero-order chi connectivity index (χ0) is 20.7. The summed E-state index contributed by atoms with van der Waals surface area (Å²) < 4.78 is 0. The quantitative estimate of drug-likeness (QED) is 0.438. The van der Waals surface area contributed by atoms with Crippen LogP contribution in [0.2, 0.25) is 0 Å². The molecular weight excluding hydrogens is 398 g/mol. The number of aromatic amines is 1. The predicted molar refractivity (Wildman–Crippen MR) is 115 cm³/mol. The number of aromatic nitrogens is 5. The molecule has 0 aliphatic heterocycles. The predicted octanol–water partition coefficient (Wildman–Crippen LogP) is 4.82. The second kappa shape index (κ2) is 7.16. The molecule has 4 heterocycles. The van der Waals surface area contributed by atoms with Crippen molar-refractivity contribution in [2.24, 2.45) is 0 Å². The zero-order valence-electron chi connectivity index (χ0n) is 15.8. The van der Waals surface area contributed by atoms with Gasteiger partial charge >= 0.3 is 5.97 Å². The number of H-pyrrole nitrogens is 1. The molecule has 5 rings (SSSR count).